The Morgan fingerprint density at radius 2 is 1.43 bits per heavy atom. The molecule has 0 aliphatic rings. The lowest BCUT2D eigenvalue weighted by molar-refractivity contribution is -0.131. The van der Waals surface area contributed by atoms with Gasteiger partial charge in [0.05, 0.1) is 7.11 Å². The number of carboxylic acids is 1. The van der Waals surface area contributed by atoms with E-state index < -0.39 is 5.97 Å². The smallest absolute Gasteiger partial charge is 0.328 e. The number of carbonyl (C=O) groups is 1. The summed E-state index contributed by atoms with van der Waals surface area (Å²) in [7, 11) is 1.61. The minimum atomic E-state index is -0.962. The minimum Gasteiger partial charge on any atom is -0.497 e. The first-order chi connectivity index (χ1) is 10.8. The second-order valence-corrected chi connectivity index (χ2v) is 6.45. The lowest BCUT2D eigenvalue weighted by Crippen LogP contribution is -2.10. The number of hydrogen-bond donors (Lipinski definition) is 1. The van der Waals surface area contributed by atoms with Gasteiger partial charge in [0.25, 0.3) is 0 Å². The average Bonchev–Trinajstić information content (AvgIpc) is 2.52. The molecule has 0 saturated carbocycles. The zero-order valence-corrected chi connectivity index (χ0v) is 14.0. The number of carboxylic acid groups (broad SMARTS) is 1. The van der Waals surface area contributed by atoms with Crippen molar-refractivity contribution in [1.82, 2.24) is 0 Å². The number of ether oxygens (including phenoxy) is 1. The molecule has 0 unspecified atom stereocenters. The Morgan fingerprint density at radius 3 is 1.83 bits per heavy atom. The minimum absolute atomic E-state index is 0.0648. The molecule has 2 rings (SSSR count). The summed E-state index contributed by atoms with van der Waals surface area (Å²) in [5, 5.41) is 9.19. The fraction of sp³-hybridized carbons (Fsp3) is 0.250. The van der Waals surface area contributed by atoms with Gasteiger partial charge in [-0.1, -0.05) is 57.2 Å². The number of benzene rings is 2. The molecule has 0 heterocycles. The summed E-state index contributed by atoms with van der Waals surface area (Å²) in [5.74, 6) is -0.220. The van der Waals surface area contributed by atoms with Gasteiger partial charge in [0.1, 0.15) is 5.75 Å². The van der Waals surface area contributed by atoms with Crippen LogP contribution in [-0.2, 0) is 10.2 Å². The van der Waals surface area contributed by atoms with Gasteiger partial charge in [-0.3, -0.25) is 0 Å². The van der Waals surface area contributed by atoms with E-state index in [2.05, 4.69) is 32.9 Å². The fourth-order valence-corrected chi connectivity index (χ4v) is 2.38. The van der Waals surface area contributed by atoms with Crippen LogP contribution >= 0.6 is 0 Å². The van der Waals surface area contributed by atoms with E-state index in [0.29, 0.717) is 5.57 Å². The van der Waals surface area contributed by atoms with Crippen molar-refractivity contribution in [1.29, 1.82) is 0 Å². The van der Waals surface area contributed by atoms with Gasteiger partial charge in [0.15, 0.2) is 0 Å². The van der Waals surface area contributed by atoms with Crippen LogP contribution in [0.15, 0.2) is 54.6 Å². The van der Waals surface area contributed by atoms with Crippen LogP contribution < -0.4 is 4.74 Å². The van der Waals surface area contributed by atoms with Crippen LogP contribution in [0.3, 0.4) is 0 Å². The van der Waals surface area contributed by atoms with Crippen molar-refractivity contribution in [3.8, 4) is 5.75 Å². The summed E-state index contributed by atoms with van der Waals surface area (Å²) >= 11 is 0. The Morgan fingerprint density at radius 1 is 0.957 bits per heavy atom. The fourth-order valence-electron chi connectivity index (χ4n) is 2.38. The molecular weight excluding hydrogens is 288 g/mol. The highest BCUT2D eigenvalue weighted by Gasteiger charge is 2.14. The number of rotatable bonds is 4. The van der Waals surface area contributed by atoms with E-state index in [9.17, 15) is 9.90 Å². The molecule has 2 aromatic carbocycles. The van der Waals surface area contributed by atoms with Crippen LogP contribution in [0.1, 0.15) is 37.5 Å². The molecule has 0 aromatic heterocycles. The van der Waals surface area contributed by atoms with Crippen molar-refractivity contribution >= 4 is 11.5 Å². The molecule has 0 atom stereocenters. The highest BCUT2D eigenvalue weighted by atomic mass is 16.5. The van der Waals surface area contributed by atoms with E-state index in [-0.39, 0.29) is 5.41 Å². The molecule has 2 aromatic rings. The molecule has 120 valence electrons. The summed E-state index contributed by atoms with van der Waals surface area (Å²) in [4.78, 5) is 11.2. The predicted molar refractivity (Wildman–Crippen MR) is 92.9 cm³/mol. The molecule has 0 bridgehead atoms. The summed E-state index contributed by atoms with van der Waals surface area (Å²) in [6.07, 6.45) is 1.24. The van der Waals surface area contributed by atoms with E-state index in [1.807, 2.05) is 36.4 Å². The molecule has 0 saturated heterocycles. The van der Waals surface area contributed by atoms with Gasteiger partial charge < -0.3 is 9.84 Å². The highest BCUT2D eigenvalue weighted by Crippen LogP contribution is 2.28. The molecule has 3 heteroatoms. The summed E-state index contributed by atoms with van der Waals surface area (Å²) in [5.41, 5.74) is 3.68. The van der Waals surface area contributed by atoms with Crippen LogP contribution in [-0.4, -0.2) is 18.2 Å². The van der Waals surface area contributed by atoms with Gasteiger partial charge in [-0.15, -0.1) is 0 Å². The van der Waals surface area contributed by atoms with Gasteiger partial charge >= 0.3 is 5.97 Å². The van der Waals surface area contributed by atoms with Crippen molar-refractivity contribution in [3.05, 3.63) is 71.3 Å². The number of hydrogen-bond acceptors (Lipinski definition) is 2. The van der Waals surface area contributed by atoms with Gasteiger partial charge in [-0.05, 0) is 39.8 Å². The molecule has 0 radical (unpaired) electrons. The van der Waals surface area contributed by atoms with E-state index >= 15 is 0 Å². The maximum absolute atomic E-state index is 11.2. The normalized spacial score (nSPS) is 12.1. The first-order valence-electron chi connectivity index (χ1n) is 7.51. The maximum atomic E-state index is 11.2. The molecular formula is C20H22O3. The van der Waals surface area contributed by atoms with Crippen LogP contribution in [0.4, 0.5) is 0 Å². The predicted octanol–water partition coefficient (Wildman–Crippen LogP) is 4.51. The molecule has 0 aliphatic heterocycles. The van der Waals surface area contributed by atoms with Crippen molar-refractivity contribution in [2.75, 3.05) is 7.11 Å². The molecule has 3 nitrogen and oxygen atoms in total. The first-order valence-corrected chi connectivity index (χ1v) is 7.51. The van der Waals surface area contributed by atoms with E-state index in [0.717, 1.165) is 16.9 Å². The lowest BCUT2D eigenvalue weighted by Gasteiger charge is -2.19. The Labute approximate surface area is 137 Å². The zero-order valence-electron chi connectivity index (χ0n) is 14.0. The Balaban J connectivity index is 2.45. The zero-order chi connectivity index (χ0) is 17.0. The second kappa shape index (κ2) is 6.69. The third-order valence-electron chi connectivity index (χ3n) is 3.73. The molecule has 0 amide bonds. The largest absolute Gasteiger partial charge is 0.497 e. The van der Waals surface area contributed by atoms with Crippen LogP contribution in [0.5, 0.6) is 5.75 Å². The van der Waals surface area contributed by atoms with Gasteiger partial charge in [-0.2, -0.15) is 0 Å². The maximum Gasteiger partial charge on any atom is 0.328 e. The monoisotopic (exact) mass is 310 g/mol. The summed E-state index contributed by atoms with van der Waals surface area (Å²) in [6.45, 7) is 6.46. The molecule has 1 N–H and O–H groups in total. The SMILES string of the molecule is COc1ccc(/C(=C/C(=O)O)c2ccc(C(C)(C)C)cc2)cc1. The van der Waals surface area contributed by atoms with Crippen LogP contribution in [0, 0.1) is 0 Å². The van der Waals surface area contributed by atoms with Gasteiger partial charge in [0.2, 0.25) is 0 Å². The van der Waals surface area contributed by atoms with Crippen LogP contribution in [0.25, 0.3) is 5.57 Å². The Bertz CT molecular complexity index is 702. The first kappa shape index (κ1) is 16.8. The van der Waals surface area contributed by atoms with E-state index in [1.165, 1.54) is 11.6 Å². The van der Waals surface area contributed by atoms with E-state index in [4.69, 9.17) is 4.74 Å². The lowest BCUT2D eigenvalue weighted by atomic mass is 9.85. The second-order valence-electron chi connectivity index (χ2n) is 6.45. The van der Waals surface area contributed by atoms with Crippen molar-refractivity contribution in [2.24, 2.45) is 0 Å². The van der Waals surface area contributed by atoms with E-state index in [1.54, 1.807) is 7.11 Å². The average molecular weight is 310 g/mol. The van der Waals surface area contributed by atoms with Gasteiger partial charge in [-0.25, -0.2) is 4.79 Å². The third kappa shape index (κ3) is 4.22. The summed E-state index contributed by atoms with van der Waals surface area (Å²) < 4.78 is 5.15. The quantitative estimate of drug-likeness (QED) is 0.845. The Hall–Kier alpha value is -2.55. The third-order valence-corrected chi connectivity index (χ3v) is 3.73. The standard InChI is InChI=1S/C20H22O3/c1-20(2,3)16-9-5-14(6-10-16)18(13-19(21)22)15-7-11-17(23-4)12-8-15/h5-13H,1-4H3,(H,21,22)/b18-13+. The van der Waals surface area contributed by atoms with Gasteiger partial charge in [0, 0.05) is 6.08 Å². The molecule has 23 heavy (non-hydrogen) atoms. The highest BCUT2D eigenvalue weighted by molar-refractivity contribution is 5.95. The van der Waals surface area contributed by atoms with Crippen molar-refractivity contribution in [2.45, 2.75) is 26.2 Å². The molecule has 0 fully saturated rings. The summed E-state index contributed by atoms with van der Waals surface area (Å²) in [6, 6.07) is 15.4. The Kier molecular flexibility index (Phi) is 4.89. The number of methoxy groups -OCH3 is 1. The van der Waals surface area contributed by atoms with Crippen molar-refractivity contribution in [3.63, 3.8) is 0 Å². The topological polar surface area (TPSA) is 46.5 Å². The number of aliphatic carboxylic acids is 1. The van der Waals surface area contributed by atoms with Crippen molar-refractivity contribution < 1.29 is 14.6 Å². The molecule has 0 aliphatic carbocycles. The molecule has 0 spiro atoms. The van der Waals surface area contributed by atoms with Crippen LogP contribution in [0.2, 0.25) is 0 Å².